The van der Waals surface area contributed by atoms with Crippen LogP contribution in [0.25, 0.3) is 0 Å². The summed E-state index contributed by atoms with van der Waals surface area (Å²) in [5, 5.41) is 11.0. The standard InChI is InChI=1S/C10H8Br2N2O3/c11-6-4-9(15)13(5-6)10-7(12)2-1-3-8(10)14(16)17/h1-3,6H,4-5H2. The molecule has 5 nitrogen and oxygen atoms in total. The monoisotopic (exact) mass is 362 g/mol. The summed E-state index contributed by atoms with van der Waals surface area (Å²) in [4.78, 5) is 23.7. The van der Waals surface area contributed by atoms with Crippen LogP contribution in [0.15, 0.2) is 22.7 Å². The highest BCUT2D eigenvalue weighted by atomic mass is 79.9. The molecule has 1 atom stereocenters. The zero-order valence-corrected chi connectivity index (χ0v) is 11.8. The molecule has 17 heavy (non-hydrogen) atoms. The van der Waals surface area contributed by atoms with Crippen LogP contribution in [0.4, 0.5) is 11.4 Å². The largest absolute Gasteiger partial charge is 0.304 e. The first kappa shape index (κ1) is 12.5. The van der Waals surface area contributed by atoms with E-state index in [0.717, 1.165) is 0 Å². The molecule has 0 bridgehead atoms. The summed E-state index contributed by atoms with van der Waals surface area (Å²) in [6, 6.07) is 4.67. The van der Waals surface area contributed by atoms with Gasteiger partial charge in [0.2, 0.25) is 5.91 Å². The van der Waals surface area contributed by atoms with E-state index in [1.807, 2.05) is 0 Å². The maximum Gasteiger partial charge on any atom is 0.294 e. The van der Waals surface area contributed by atoms with Crippen molar-refractivity contribution in [3.05, 3.63) is 32.8 Å². The van der Waals surface area contributed by atoms with E-state index in [1.54, 1.807) is 12.1 Å². The first-order valence-corrected chi connectivity index (χ1v) is 6.59. The molecular formula is C10H8Br2N2O3. The topological polar surface area (TPSA) is 63.5 Å². The van der Waals surface area contributed by atoms with Crippen molar-refractivity contribution in [1.82, 2.24) is 0 Å². The molecule has 1 aromatic rings. The second kappa shape index (κ2) is 4.73. The lowest BCUT2D eigenvalue weighted by Gasteiger charge is -2.17. The van der Waals surface area contributed by atoms with Crippen LogP contribution >= 0.6 is 31.9 Å². The van der Waals surface area contributed by atoms with E-state index < -0.39 is 4.92 Å². The van der Waals surface area contributed by atoms with Crippen LogP contribution < -0.4 is 4.90 Å². The zero-order valence-electron chi connectivity index (χ0n) is 8.60. The van der Waals surface area contributed by atoms with Crippen LogP contribution in [0.5, 0.6) is 0 Å². The molecule has 0 N–H and O–H groups in total. The quantitative estimate of drug-likeness (QED) is 0.461. The van der Waals surface area contributed by atoms with Crippen molar-refractivity contribution < 1.29 is 9.72 Å². The zero-order chi connectivity index (χ0) is 12.6. The van der Waals surface area contributed by atoms with Gasteiger partial charge < -0.3 is 4.90 Å². The molecule has 1 aliphatic heterocycles. The summed E-state index contributed by atoms with van der Waals surface area (Å²) in [6.07, 6.45) is 0.360. The maximum atomic E-state index is 11.8. The third kappa shape index (κ3) is 2.35. The minimum Gasteiger partial charge on any atom is -0.304 e. The molecule has 1 aliphatic rings. The molecular weight excluding hydrogens is 356 g/mol. The van der Waals surface area contributed by atoms with Crippen LogP contribution in [0.2, 0.25) is 0 Å². The van der Waals surface area contributed by atoms with Crippen molar-refractivity contribution >= 4 is 49.1 Å². The minimum atomic E-state index is -0.477. The highest BCUT2D eigenvalue weighted by Crippen LogP contribution is 2.38. The van der Waals surface area contributed by atoms with Crippen LogP contribution in [0.3, 0.4) is 0 Å². The lowest BCUT2D eigenvalue weighted by molar-refractivity contribution is -0.384. The smallest absolute Gasteiger partial charge is 0.294 e. The van der Waals surface area contributed by atoms with Gasteiger partial charge in [-0.15, -0.1) is 0 Å². The van der Waals surface area contributed by atoms with E-state index in [2.05, 4.69) is 31.9 Å². The van der Waals surface area contributed by atoms with Gasteiger partial charge in [0.1, 0.15) is 5.69 Å². The summed E-state index contributed by atoms with van der Waals surface area (Å²) >= 11 is 6.61. The molecule has 0 aromatic heterocycles. The fraction of sp³-hybridized carbons (Fsp3) is 0.300. The average molecular weight is 364 g/mol. The molecule has 7 heteroatoms. The van der Waals surface area contributed by atoms with Gasteiger partial charge in [-0.2, -0.15) is 0 Å². The van der Waals surface area contributed by atoms with E-state index in [4.69, 9.17) is 0 Å². The number of nitro groups is 1. The number of rotatable bonds is 2. The SMILES string of the molecule is O=C1CC(Br)CN1c1c(Br)cccc1[N+](=O)[O-]. The Labute approximate surface area is 114 Å². The number of benzene rings is 1. The van der Waals surface area contributed by atoms with E-state index in [1.165, 1.54) is 11.0 Å². The molecule has 1 saturated heterocycles. The summed E-state index contributed by atoms with van der Waals surface area (Å²) in [5.74, 6) is -0.109. The average Bonchev–Trinajstić information content (AvgIpc) is 2.57. The number of para-hydroxylation sites is 1. The van der Waals surface area contributed by atoms with Crippen LogP contribution in [0.1, 0.15) is 6.42 Å². The van der Waals surface area contributed by atoms with Gasteiger partial charge in [-0.05, 0) is 22.0 Å². The second-order valence-corrected chi connectivity index (χ2v) is 5.82. The molecule has 0 radical (unpaired) electrons. The van der Waals surface area contributed by atoms with Gasteiger partial charge in [-0.3, -0.25) is 14.9 Å². The summed E-state index contributed by atoms with van der Waals surface area (Å²) in [7, 11) is 0. The number of hydrogen-bond acceptors (Lipinski definition) is 3. The number of carbonyl (C=O) groups excluding carboxylic acids is 1. The number of anilines is 1. The van der Waals surface area contributed by atoms with E-state index in [9.17, 15) is 14.9 Å². The molecule has 90 valence electrons. The van der Waals surface area contributed by atoms with Gasteiger partial charge in [0.15, 0.2) is 0 Å². The number of carbonyl (C=O) groups is 1. The highest BCUT2D eigenvalue weighted by Gasteiger charge is 2.34. The summed E-state index contributed by atoms with van der Waals surface area (Å²) in [6.45, 7) is 0.447. The number of alkyl halides is 1. The molecule has 0 saturated carbocycles. The highest BCUT2D eigenvalue weighted by molar-refractivity contribution is 9.10. The first-order valence-electron chi connectivity index (χ1n) is 4.88. The van der Waals surface area contributed by atoms with Crippen molar-refractivity contribution in [2.45, 2.75) is 11.2 Å². The van der Waals surface area contributed by atoms with Gasteiger partial charge in [0.05, 0.1) is 4.92 Å². The Morgan fingerprint density at radius 3 is 2.71 bits per heavy atom. The molecule has 0 aliphatic carbocycles. The molecule has 0 spiro atoms. The van der Waals surface area contributed by atoms with Gasteiger partial charge in [0.25, 0.3) is 5.69 Å². The lowest BCUT2D eigenvalue weighted by atomic mass is 10.2. The normalized spacial score (nSPS) is 19.8. The van der Waals surface area contributed by atoms with Crippen LogP contribution in [-0.4, -0.2) is 22.2 Å². The Balaban J connectivity index is 2.51. The van der Waals surface area contributed by atoms with Crippen LogP contribution in [-0.2, 0) is 4.79 Å². The number of nitro benzene ring substituents is 1. The third-order valence-electron chi connectivity index (χ3n) is 2.51. The lowest BCUT2D eigenvalue weighted by Crippen LogP contribution is -2.25. The fourth-order valence-corrected chi connectivity index (χ4v) is 2.93. The Hall–Kier alpha value is -0.950. The molecule has 1 unspecified atom stereocenters. The van der Waals surface area contributed by atoms with Crippen molar-refractivity contribution in [3.63, 3.8) is 0 Å². The van der Waals surface area contributed by atoms with Crippen molar-refractivity contribution in [1.29, 1.82) is 0 Å². The van der Waals surface area contributed by atoms with Gasteiger partial charge in [0, 0.05) is 28.3 Å². The summed E-state index contributed by atoms with van der Waals surface area (Å²) < 4.78 is 0.557. The third-order valence-corrected chi connectivity index (χ3v) is 3.76. The number of amides is 1. The molecule has 2 rings (SSSR count). The molecule has 1 fully saturated rings. The Morgan fingerprint density at radius 1 is 1.47 bits per heavy atom. The summed E-state index contributed by atoms with van der Waals surface area (Å²) in [5.41, 5.74) is 0.277. The predicted octanol–water partition coefficient (Wildman–Crippen LogP) is 2.86. The fourth-order valence-electron chi connectivity index (χ4n) is 1.80. The molecule has 1 amide bonds. The number of nitrogens with zero attached hydrogens (tertiary/aromatic N) is 2. The van der Waals surface area contributed by atoms with Crippen molar-refractivity contribution in [2.24, 2.45) is 0 Å². The number of halogens is 2. The van der Waals surface area contributed by atoms with Gasteiger partial charge in [-0.1, -0.05) is 22.0 Å². The van der Waals surface area contributed by atoms with Crippen molar-refractivity contribution in [3.8, 4) is 0 Å². The Bertz CT molecular complexity index is 492. The van der Waals surface area contributed by atoms with E-state index in [-0.39, 0.29) is 16.4 Å². The number of hydrogen-bond donors (Lipinski definition) is 0. The molecule has 1 heterocycles. The van der Waals surface area contributed by atoms with Gasteiger partial charge >= 0.3 is 0 Å². The van der Waals surface area contributed by atoms with Crippen LogP contribution in [0, 0.1) is 10.1 Å². The predicted molar refractivity (Wildman–Crippen MR) is 70.5 cm³/mol. The maximum absolute atomic E-state index is 11.8. The Kier molecular flexibility index (Phi) is 3.48. The Morgan fingerprint density at radius 2 is 2.18 bits per heavy atom. The van der Waals surface area contributed by atoms with Crippen molar-refractivity contribution in [2.75, 3.05) is 11.4 Å². The molecule has 1 aromatic carbocycles. The minimum absolute atomic E-state index is 0.0433. The first-order chi connectivity index (χ1) is 8.00. The van der Waals surface area contributed by atoms with E-state index in [0.29, 0.717) is 23.1 Å². The van der Waals surface area contributed by atoms with E-state index >= 15 is 0 Å². The second-order valence-electron chi connectivity index (χ2n) is 3.67. The van der Waals surface area contributed by atoms with Gasteiger partial charge in [-0.25, -0.2) is 0 Å².